The number of rotatable bonds is 5. The second-order valence-corrected chi connectivity index (χ2v) is 9.87. The Morgan fingerprint density at radius 2 is 2.08 bits per heavy atom. The first-order valence-corrected chi connectivity index (χ1v) is 10.9. The van der Waals surface area contributed by atoms with Crippen molar-refractivity contribution in [1.29, 1.82) is 0 Å². The number of nitrogens with zero attached hydrogens (tertiary/aromatic N) is 1. The Hall–Kier alpha value is -1.64. The molecule has 0 unspecified atom stereocenters. The summed E-state index contributed by atoms with van der Waals surface area (Å²) in [6.07, 6.45) is 3.89. The molecule has 0 saturated heterocycles. The second kappa shape index (κ2) is 6.26. The van der Waals surface area contributed by atoms with E-state index in [1.54, 1.807) is 30.5 Å². The van der Waals surface area contributed by atoms with E-state index in [9.17, 15) is 8.42 Å². The fourth-order valence-corrected chi connectivity index (χ4v) is 4.98. The Bertz CT molecular complexity index is 1040. The van der Waals surface area contributed by atoms with E-state index in [1.807, 2.05) is 13.0 Å². The molecule has 0 spiro atoms. The van der Waals surface area contributed by atoms with Crippen molar-refractivity contribution in [3.05, 3.63) is 52.5 Å². The number of aromatic nitrogens is 1. The molecule has 4 rings (SSSR count). The summed E-state index contributed by atoms with van der Waals surface area (Å²) in [7, 11) is -3.64. The number of benzene rings is 1. The van der Waals surface area contributed by atoms with E-state index in [4.69, 9.17) is 4.42 Å². The van der Waals surface area contributed by atoms with Crippen molar-refractivity contribution in [3.63, 3.8) is 0 Å². The van der Waals surface area contributed by atoms with Gasteiger partial charge in [-0.05, 0) is 55.7 Å². The molecular formula is C17H15BrN2O3S2. The summed E-state index contributed by atoms with van der Waals surface area (Å²) in [5.74, 6) is 1.79. The van der Waals surface area contributed by atoms with Crippen LogP contribution in [0.1, 0.15) is 30.2 Å². The number of hydrogen-bond acceptors (Lipinski definition) is 5. The molecule has 8 heteroatoms. The highest BCUT2D eigenvalue weighted by Gasteiger charge is 2.29. The molecule has 1 aliphatic rings. The summed E-state index contributed by atoms with van der Waals surface area (Å²) in [5, 5.41) is 0. The monoisotopic (exact) mass is 438 g/mol. The highest BCUT2D eigenvalue weighted by Crippen LogP contribution is 2.41. The van der Waals surface area contributed by atoms with Crippen LogP contribution in [0.5, 0.6) is 0 Å². The molecule has 1 N–H and O–H groups in total. The summed E-state index contributed by atoms with van der Waals surface area (Å²) in [6, 6.07) is 8.67. The molecule has 2 aromatic heterocycles. The maximum absolute atomic E-state index is 12.6. The Morgan fingerprint density at radius 3 is 2.80 bits per heavy atom. The molecule has 5 nitrogen and oxygen atoms in total. The minimum Gasteiger partial charge on any atom is -0.440 e. The van der Waals surface area contributed by atoms with Gasteiger partial charge in [-0.1, -0.05) is 15.9 Å². The van der Waals surface area contributed by atoms with E-state index >= 15 is 0 Å². The molecular weight excluding hydrogens is 424 g/mol. The fourth-order valence-electron chi connectivity index (χ4n) is 2.43. The van der Waals surface area contributed by atoms with Gasteiger partial charge in [-0.25, -0.2) is 13.4 Å². The topological polar surface area (TPSA) is 72.2 Å². The van der Waals surface area contributed by atoms with E-state index in [2.05, 4.69) is 25.6 Å². The number of aryl methyl sites for hydroxylation is 1. The predicted octanol–water partition coefficient (Wildman–Crippen LogP) is 5.15. The molecule has 0 atom stereocenters. The molecule has 25 heavy (non-hydrogen) atoms. The van der Waals surface area contributed by atoms with Crippen LogP contribution in [0.2, 0.25) is 0 Å². The normalized spacial score (nSPS) is 14.6. The average Bonchev–Trinajstić information content (AvgIpc) is 3.10. The highest BCUT2D eigenvalue weighted by molar-refractivity contribution is 9.10. The molecule has 0 amide bonds. The van der Waals surface area contributed by atoms with Crippen LogP contribution < -0.4 is 4.72 Å². The minimum atomic E-state index is -3.64. The number of halogens is 1. The Balaban J connectivity index is 1.57. The van der Waals surface area contributed by atoms with Crippen molar-refractivity contribution in [2.24, 2.45) is 0 Å². The van der Waals surface area contributed by atoms with Crippen molar-refractivity contribution in [2.75, 3.05) is 4.72 Å². The summed E-state index contributed by atoms with van der Waals surface area (Å²) in [6.45, 7) is 1.91. The van der Waals surface area contributed by atoms with Crippen LogP contribution in [-0.4, -0.2) is 13.4 Å². The smallest absolute Gasteiger partial charge is 0.271 e. The highest BCUT2D eigenvalue weighted by atomic mass is 79.9. The molecule has 2 heterocycles. The van der Waals surface area contributed by atoms with Gasteiger partial charge in [-0.2, -0.15) is 0 Å². The van der Waals surface area contributed by atoms with E-state index in [-0.39, 0.29) is 4.21 Å². The largest absolute Gasteiger partial charge is 0.440 e. The lowest BCUT2D eigenvalue weighted by Gasteiger charge is -2.07. The maximum atomic E-state index is 12.6. The van der Waals surface area contributed by atoms with Gasteiger partial charge >= 0.3 is 0 Å². The zero-order chi connectivity index (χ0) is 17.6. The molecule has 0 radical (unpaired) electrons. The lowest BCUT2D eigenvalue weighted by molar-refractivity contribution is 0.510. The predicted molar refractivity (Wildman–Crippen MR) is 101 cm³/mol. The van der Waals surface area contributed by atoms with Gasteiger partial charge < -0.3 is 4.42 Å². The first-order chi connectivity index (χ1) is 11.9. The zero-order valence-corrected chi connectivity index (χ0v) is 16.5. The molecule has 1 aliphatic carbocycles. The Kier molecular flexibility index (Phi) is 4.21. The van der Waals surface area contributed by atoms with E-state index in [1.165, 1.54) is 11.3 Å². The molecule has 0 bridgehead atoms. The molecule has 130 valence electrons. The summed E-state index contributed by atoms with van der Waals surface area (Å²) >= 11 is 4.58. The van der Waals surface area contributed by atoms with Gasteiger partial charge in [0.05, 0.1) is 11.1 Å². The van der Waals surface area contributed by atoms with E-state index < -0.39 is 10.0 Å². The zero-order valence-electron chi connectivity index (χ0n) is 13.3. The third-order valence-corrected chi connectivity index (χ3v) is 7.81. The van der Waals surface area contributed by atoms with Gasteiger partial charge in [0, 0.05) is 16.1 Å². The number of thiophene rings is 1. The van der Waals surface area contributed by atoms with Crippen molar-refractivity contribution in [3.8, 4) is 10.6 Å². The summed E-state index contributed by atoms with van der Waals surface area (Å²) < 4.78 is 34.8. The van der Waals surface area contributed by atoms with Crippen LogP contribution in [-0.2, 0) is 10.0 Å². The first kappa shape index (κ1) is 16.8. The molecule has 1 fully saturated rings. The maximum Gasteiger partial charge on any atom is 0.271 e. The Labute approximate surface area is 158 Å². The summed E-state index contributed by atoms with van der Waals surface area (Å²) in [4.78, 5) is 5.04. The van der Waals surface area contributed by atoms with E-state index in [0.29, 0.717) is 17.4 Å². The number of oxazole rings is 1. The lowest BCUT2D eigenvalue weighted by Crippen LogP contribution is -2.11. The first-order valence-electron chi connectivity index (χ1n) is 7.77. The molecule has 1 aromatic carbocycles. The lowest BCUT2D eigenvalue weighted by atomic mass is 10.2. The van der Waals surface area contributed by atoms with Crippen molar-refractivity contribution in [2.45, 2.75) is 29.9 Å². The van der Waals surface area contributed by atoms with Gasteiger partial charge in [0.15, 0.2) is 11.7 Å². The van der Waals surface area contributed by atoms with Gasteiger partial charge in [0.2, 0.25) is 0 Å². The SMILES string of the molecule is Cc1cc(NS(=O)(=O)c2ccc(-c3cnc(C4CC4)o3)s2)ccc1Br. The minimum absolute atomic E-state index is 0.243. The van der Waals surface area contributed by atoms with Crippen LogP contribution >= 0.6 is 27.3 Å². The standard InChI is InChI=1S/C17H15BrN2O3S2/c1-10-8-12(4-5-13(10)18)20-25(21,22)16-7-6-15(24-16)14-9-19-17(23-14)11-2-3-11/h4-9,11,20H,2-3H2,1H3. The van der Waals surface area contributed by atoms with Crippen LogP contribution in [0, 0.1) is 6.92 Å². The van der Waals surface area contributed by atoms with Crippen molar-refractivity contribution in [1.82, 2.24) is 4.98 Å². The van der Waals surface area contributed by atoms with Crippen LogP contribution in [0.25, 0.3) is 10.6 Å². The number of hydrogen-bond donors (Lipinski definition) is 1. The number of anilines is 1. The van der Waals surface area contributed by atoms with Crippen LogP contribution in [0.15, 0.2) is 49.6 Å². The number of sulfonamides is 1. The van der Waals surface area contributed by atoms with Crippen LogP contribution in [0.4, 0.5) is 5.69 Å². The molecule has 1 saturated carbocycles. The van der Waals surface area contributed by atoms with Gasteiger partial charge in [-0.3, -0.25) is 4.72 Å². The third-order valence-electron chi connectivity index (χ3n) is 3.95. The summed E-state index contributed by atoms with van der Waals surface area (Å²) in [5.41, 5.74) is 1.49. The van der Waals surface area contributed by atoms with Crippen molar-refractivity contribution >= 4 is 43.0 Å². The van der Waals surface area contributed by atoms with E-state index in [0.717, 1.165) is 33.6 Å². The molecule has 3 aromatic rings. The quantitative estimate of drug-likeness (QED) is 0.597. The van der Waals surface area contributed by atoms with Gasteiger partial charge in [0.1, 0.15) is 4.21 Å². The van der Waals surface area contributed by atoms with Crippen molar-refractivity contribution < 1.29 is 12.8 Å². The van der Waals surface area contributed by atoms with Crippen LogP contribution in [0.3, 0.4) is 0 Å². The fraction of sp³-hybridized carbons (Fsp3) is 0.235. The average molecular weight is 439 g/mol. The van der Waals surface area contributed by atoms with Gasteiger partial charge in [0.25, 0.3) is 10.0 Å². The third kappa shape index (κ3) is 3.51. The molecule has 0 aliphatic heterocycles. The Morgan fingerprint density at radius 1 is 1.28 bits per heavy atom. The van der Waals surface area contributed by atoms with Gasteiger partial charge in [-0.15, -0.1) is 11.3 Å². The second-order valence-electron chi connectivity index (χ2n) is 6.03. The number of nitrogens with one attached hydrogen (secondary N) is 1.